The van der Waals surface area contributed by atoms with Gasteiger partial charge in [0, 0.05) is 18.7 Å². The summed E-state index contributed by atoms with van der Waals surface area (Å²) in [6.07, 6.45) is 2.04. The van der Waals surface area contributed by atoms with Crippen LogP contribution in [-0.2, 0) is 4.79 Å². The van der Waals surface area contributed by atoms with Crippen molar-refractivity contribution in [3.63, 3.8) is 0 Å². The summed E-state index contributed by atoms with van der Waals surface area (Å²) in [5, 5.41) is 5.56. The highest BCUT2D eigenvalue weighted by Gasteiger charge is 2.43. The molecule has 0 heterocycles. The van der Waals surface area contributed by atoms with Crippen LogP contribution in [0.15, 0.2) is 24.3 Å². The molecule has 1 aliphatic carbocycles. The molecular weight excluding hydrogens is 266 g/mol. The van der Waals surface area contributed by atoms with E-state index in [4.69, 9.17) is 5.73 Å². The van der Waals surface area contributed by atoms with E-state index in [0.717, 1.165) is 18.4 Å². The second kappa shape index (κ2) is 6.26. The molecule has 1 fully saturated rings. The Morgan fingerprint density at radius 3 is 2.33 bits per heavy atom. The minimum Gasteiger partial charge on any atom is -0.353 e. The van der Waals surface area contributed by atoms with Crippen molar-refractivity contribution >= 4 is 11.8 Å². The summed E-state index contributed by atoms with van der Waals surface area (Å²) >= 11 is 0. The molecule has 2 rings (SSSR count). The Morgan fingerprint density at radius 1 is 1.19 bits per heavy atom. The number of benzene rings is 1. The molecule has 1 aromatic rings. The molecular formula is C16H23N3O2. The number of amides is 2. The van der Waals surface area contributed by atoms with Gasteiger partial charge in [0.05, 0.1) is 5.54 Å². The second-order valence-corrected chi connectivity index (χ2v) is 5.93. The smallest absolute Gasteiger partial charge is 0.251 e. The van der Waals surface area contributed by atoms with Crippen LogP contribution in [0.1, 0.15) is 35.7 Å². The first kappa shape index (κ1) is 15.5. The zero-order valence-corrected chi connectivity index (χ0v) is 12.6. The van der Waals surface area contributed by atoms with Crippen LogP contribution in [0.2, 0.25) is 0 Å². The Hall–Kier alpha value is -1.88. The molecule has 114 valence electrons. The number of carbonyl (C=O) groups is 2. The van der Waals surface area contributed by atoms with Crippen molar-refractivity contribution in [1.29, 1.82) is 0 Å². The van der Waals surface area contributed by atoms with Gasteiger partial charge in [-0.1, -0.05) is 17.7 Å². The highest BCUT2D eigenvalue weighted by Crippen LogP contribution is 2.37. The van der Waals surface area contributed by atoms with Crippen LogP contribution in [0, 0.1) is 12.8 Å². The van der Waals surface area contributed by atoms with Crippen molar-refractivity contribution < 1.29 is 9.59 Å². The molecule has 0 saturated heterocycles. The fourth-order valence-corrected chi connectivity index (χ4v) is 2.22. The molecule has 0 aromatic heterocycles. The number of aryl methyl sites for hydroxylation is 1. The van der Waals surface area contributed by atoms with Gasteiger partial charge in [0.1, 0.15) is 0 Å². The molecule has 1 aliphatic rings. The molecule has 5 nitrogen and oxygen atoms in total. The third-order valence-electron chi connectivity index (χ3n) is 3.92. The van der Waals surface area contributed by atoms with Gasteiger partial charge in [0.2, 0.25) is 5.91 Å². The molecule has 5 heteroatoms. The average molecular weight is 289 g/mol. The van der Waals surface area contributed by atoms with E-state index in [0.29, 0.717) is 24.6 Å². The molecule has 1 unspecified atom stereocenters. The van der Waals surface area contributed by atoms with Gasteiger partial charge in [-0.15, -0.1) is 0 Å². The first-order valence-corrected chi connectivity index (χ1v) is 7.33. The van der Waals surface area contributed by atoms with Gasteiger partial charge in [-0.2, -0.15) is 0 Å². The van der Waals surface area contributed by atoms with Crippen LogP contribution in [-0.4, -0.2) is 30.4 Å². The van der Waals surface area contributed by atoms with Gasteiger partial charge >= 0.3 is 0 Å². The van der Waals surface area contributed by atoms with Crippen LogP contribution in [0.5, 0.6) is 0 Å². The second-order valence-electron chi connectivity index (χ2n) is 5.93. The van der Waals surface area contributed by atoms with Gasteiger partial charge in [-0.3, -0.25) is 9.59 Å². The summed E-state index contributed by atoms with van der Waals surface area (Å²) in [4.78, 5) is 23.8. The van der Waals surface area contributed by atoms with Crippen LogP contribution in [0.25, 0.3) is 0 Å². The van der Waals surface area contributed by atoms with Crippen molar-refractivity contribution in [2.75, 3.05) is 13.1 Å². The lowest BCUT2D eigenvalue weighted by Crippen LogP contribution is -2.54. The van der Waals surface area contributed by atoms with E-state index in [-0.39, 0.29) is 11.8 Å². The molecule has 0 radical (unpaired) electrons. The summed E-state index contributed by atoms with van der Waals surface area (Å²) in [5.41, 5.74) is 6.95. The number of nitrogens with two attached hydrogens (primary N) is 1. The Bertz CT molecular complexity index is 519. The summed E-state index contributed by atoms with van der Waals surface area (Å²) in [5.74, 6) is 0.0104. The number of hydrogen-bond acceptors (Lipinski definition) is 3. The number of hydrogen-bond donors (Lipinski definition) is 3. The Morgan fingerprint density at radius 2 is 1.76 bits per heavy atom. The van der Waals surface area contributed by atoms with Crippen LogP contribution < -0.4 is 16.4 Å². The Balaban J connectivity index is 1.71. The SMILES string of the molecule is Cc1ccc(C(=O)NCCNC(=O)C(C)(N)C2CC2)cc1. The first-order chi connectivity index (χ1) is 9.91. The van der Waals surface area contributed by atoms with Gasteiger partial charge in [-0.05, 0) is 44.7 Å². The first-order valence-electron chi connectivity index (χ1n) is 7.33. The highest BCUT2D eigenvalue weighted by molar-refractivity contribution is 5.94. The van der Waals surface area contributed by atoms with E-state index in [1.54, 1.807) is 19.1 Å². The van der Waals surface area contributed by atoms with E-state index in [1.165, 1.54) is 0 Å². The quantitative estimate of drug-likeness (QED) is 0.682. The molecule has 2 amide bonds. The normalized spacial score (nSPS) is 16.9. The Labute approximate surface area is 125 Å². The zero-order chi connectivity index (χ0) is 15.5. The van der Waals surface area contributed by atoms with Gasteiger partial charge in [0.15, 0.2) is 0 Å². The lowest BCUT2D eigenvalue weighted by molar-refractivity contribution is -0.126. The van der Waals surface area contributed by atoms with Crippen molar-refractivity contribution in [2.45, 2.75) is 32.2 Å². The summed E-state index contributed by atoms with van der Waals surface area (Å²) in [7, 11) is 0. The fraction of sp³-hybridized carbons (Fsp3) is 0.500. The minimum atomic E-state index is -0.791. The van der Waals surface area contributed by atoms with E-state index >= 15 is 0 Å². The lowest BCUT2D eigenvalue weighted by atomic mass is 9.96. The van der Waals surface area contributed by atoms with E-state index in [9.17, 15) is 9.59 Å². The molecule has 0 aliphatic heterocycles. The van der Waals surface area contributed by atoms with Crippen LogP contribution in [0.3, 0.4) is 0 Å². The van der Waals surface area contributed by atoms with Crippen molar-refractivity contribution in [1.82, 2.24) is 10.6 Å². The van der Waals surface area contributed by atoms with E-state index in [1.807, 2.05) is 19.1 Å². The van der Waals surface area contributed by atoms with Crippen LogP contribution >= 0.6 is 0 Å². The van der Waals surface area contributed by atoms with Gasteiger partial charge in [-0.25, -0.2) is 0 Å². The topological polar surface area (TPSA) is 84.2 Å². The monoisotopic (exact) mass is 289 g/mol. The predicted octanol–water partition coefficient (Wildman–Crippen LogP) is 0.968. The molecule has 1 atom stereocenters. The molecule has 21 heavy (non-hydrogen) atoms. The van der Waals surface area contributed by atoms with Gasteiger partial charge in [0.25, 0.3) is 5.91 Å². The minimum absolute atomic E-state index is 0.137. The summed E-state index contributed by atoms with van der Waals surface area (Å²) in [6, 6.07) is 7.36. The maximum absolute atomic E-state index is 11.9. The third kappa shape index (κ3) is 4.04. The number of nitrogens with one attached hydrogen (secondary N) is 2. The standard InChI is InChI=1S/C16H23N3O2/c1-11-3-5-12(6-4-11)14(20)18-9-10-19-15(21)16(2,17)13-7-8-13/h3-6,13H,7-10,17H2,1-2H3,(H,18,20)(H,19,21). The summed E-state index contributed by atoms with van der Waals surface area (Å²) < 4.78 is 0. The number of rotatable bonds is 6. The van der Waals surface area contributed by atoms with Crippen LogP contribution in [0.4, 0.5) is 0 Å². The third-order valence-corrected chi connectivity index (χ3v) is 3.92. The molecule has 0 spiro atoms. The Kier molecular flexibility index (Phi) is 4.63. The largest absolute Gasteiger partial charge is 0.353 e. The van der Waals surface area contributed by atoms with E-state index in [2.05, 4.69) is 10.6 Å². The molecule has 1 saturated carbocycles. The molecule has 0 bridgehead atoms. The highest BCUT2D eigenvalue weighted by atomic mass is 16.2. The average Bonchev–Trinajstić information content (AvgIpc) is 3.28. The van der Waals surface area contributed by atoms with Crippen molar-refractivity contribution in [3.8, 4) is 0 Å². The zero-order valence-electron chi connectivity index (χ0n) is 12.6. The number of carbonyl (C=O) groups excluding carboxylic acids is 2. The molecule has 4 N–H and O–H groups in total. The fourth-order valence-electron chi connectivity index (χ4n) is 2.22. The van der Waals surface area contributed by atoms with Gasteiger partial charge < -0.3 is 16.4 Å². The maximum atomic E-state index is 11.9. The lowest BCUT2D eigenvalue weighted by Gasteiger charge is -2.23. The van der Waals surface area contributed by atoms with E-state index < -0.39 is 5.54 Å². The molecule has 1 aromatic carbocycles. The van der Waals surface area contributed by atoms with Crippen molar-refractivity contribution in [2.24, 2.45) is 11.7 Å². The summed E-state index contributed by atoms with van der Waals surface area (Å²) in [6.45, 7) is 4.51. The van der Waals surface area contributed by atoms with Crippen molar-refractivity contribution in [3.05, 3.63) is 35.4 Å². The predicted molar refractivity (Wildman–Crippen MR) is 81.8 cm³/mol. The maximum Gasteiger partial charge on any atom is 0.251 e.